The number of carbonyl (C=O) groups excluding carboxylic acids is 1. The third-order valence-electron chi connectivity index (χ3n) is 3.90. The molecule has 0 atom stereocenters. The molecule has 0 saturated heterocycles. The molecule has 30 heavy (non-hydrogen) atoms. The smallest absolute Gasteiger partial charge is 0.282 e. The van der Waals surface area contributed by atoms with Crippen LogP contribution in [0.2, 0.25) is 10.0 Å². The van der Waals surface area contributed by atoms with Crippen molar-refractivity contribution in [1.29, 1.82) is 0 Å². The summed E-state index contributed by atoms with van der Waals surface area (Å²) in [5, 5.41) is 14.2. The second-order valence-electron chi connectivity index (χ2n) is 6.01. The number of anilines is 2. The van der Waals surface area contributed by atoms with Crippen molar-refractivity contribution in [3.05, 3.63) is 92.5 Å². The van der Waals surface area contributed by atoms with E-state index in [0.29, 0.717) is 10.7 Å². The number of hydrogen-bond donors (Lipinski definition) is 2. The summed E-state index contributed by atoms with van der Waals surface area (Å²) in [6.45, 7) is 0. The van der Waals surface area contributed by atoms with E-state index in [9.17, 15) is 23.3 Å². The minimum atomic E-state index is -3.95. The van der Waals surface area contributed by atoms with Crippen LogP contribution >= 0.6 is 23.2 Å². The second-order valence-corrected chi connectivity index (χ2v) is 8.57. The molecule has 0 bridgehead atoms. The van der Waals surface area contributed by atoms with Crippen LogP contribution in [-0.2, 0) is 10.0 Å². The van der Waals surface area contributed by atoms with Gasteiger partial charge in [0.15, 0.2) is 0 Å². The fourth-order valence-electron chi connectivity index (χ4n) is 2.52. The number of nitro groups is 1. The molecule has 1 amide bonds. The lowest BCUT2D eigenvalue weighted by Gasteiger charge is -2.11. The van der Waals surface area contributed by atoms with Crippen molar-refractivity contribution in [3.8, 4) is 0 Å². The quantitative estimate of drug-likeness (QED) is 0.394. The molecule has 0 spiro atoms. The largest absolute Gasteiger partial charge is 0.322 e. The van der Waals surface area contributed by atoms with Gasteiger partial charge in [0.05, 0.1) is 9.82 Å². The number of nitrogens with one attached hydrogen (secondary N) is 2. The van der Waals surface area contributed by atoms with Gasteiger partial charge in [-0.3, -0.25) is 19.6 Å². The Bertz CT molecular complexity index is 1230. The lowest BCUT2D eigenvalue weighted by atomic mass is 10.1. The summed E-state index contributed by atoms with van der Waals surface area (Å²) < 4.78 is 27.6. The molecule has 3 aromatic rings. The van der Waals surface area contributed by atoms with E-state index in [1.165, 1.54) is 54.6 Å². The van der Waals surface area contributed by atoms with E-state index in [2.05, 4.69) is 10.0 Å². The molecular formula is C19H13Cl2N3O5S. The summed E-state index contributed by atoms with van der Waals surface area (Å²) in [5.74, 6) is -0.801. The van der Waals surface area contributed by atoms with Crippen LogP contribution in [0.15, 0.2) is 71.6 Å². The van der Waals surface area contributed by atoms with Gasteiger partial charge in [0.25, 0.3) is 21.6 Å². The van der Waals surface area contributed by atoms with Crippen molar-refractivity contribution in [2.45, 2.75) is 4.90 Å². The minimum Gasteiger partial charge on any atom is -0.322 e. The summed E-state index contributed by atoms with van der Waals surface area (Å²) in [5.41, 5.74) is -0.234. The molecule has 0 aliphatic carbocycles. The summed E-state index contributed by atoms with van der Waals surface area (Å²) in [6.07, 6.45) is 0. The van der Waals surface area contributed by atoms with Crippen LogP contribution in [0.1, 0.15) is 10.4 Å². The standard InChI is InChI=1S/C19H13Cl2N3O5S/c20-12-4-7-14(8-5-12)23-30(28,29)16-3-1-2-15(11-16)22-19(25)17-10-13(21)6-9-18(17)24(26)27/h1-11,23H,(H,22,25). The van der Waals surface area contributed by atoms with E-state index < -0.39 is 26.5 Å². The third-order valence-corrected chi connectivity index (χ3v) is 5.76. The van der Waals surface area contributed by atoms with E-state index in [4.69, 9.17) is 23.2 Å². The Hall–Kier alpha value is -3.14. The number of nitrogens with zero attached hydrogens (tertiary/aromatic N) is 1. The molecule has 0 fully saturated rings. The zero-order valence-electron chi connectivity index (χ0n) is 15.0. The van der Waals surface area contributed by atoms with Gasteiger partial charge in [0, 0.05) is 27.5 Å². The van der Waals surface area contributed by atoms with Gasteiger partial charge in [-0.1, -0.05) is 29.3 Å². The highest BCUT2D eigenvalue weighted by Gasteiger charge is 2.21. The predicted molar refractivity (Wildman–Crippen MR) is 115 cm³/mol. The van der Waals surface area contributed by atoms with Crippen molar-refractivity contribution in [3.63, 3.8) is 0 Å². The SMILES string of the molecule is O=C(Nc1cccc(S(=O)(=O)Nc2ccc(Cl)cc2)c1)c1cc(Cl)ccc1[N+](=O)[O-]. The highest BCUT2D eigenvalue weighted by Crippen LogP contribution is 2.25. The van der Waals surface area contributed by atoms with Crippen molar-refractivity contribution in [1.82, 2.24) is 0 Å². The van der Waals surface area contributed by atoms with E-state index in [1.807, 2.05) is 0 Å². The van der Waals surface area contributed by atoms with E-state index in [0.717, 1.165) is 12.1 Å². The maximum absolute atomic E-state index is 12.6. The molecule has 154 valence electrons. The Balaban J connectivity index is 1.85. The fraction of sp³-hybridized carbons (Fsp3) is 0. The first-order chi connectivity index (χ1) is 14.2. The van der Waals surface area contributed by atoms with Crippen LogP contribution in [0.3, 0.4) is 0 Å². The molecule has 0 aliphatic heterocycles. The average Bonchev–Trinajstić information content (AvgIpc) is 2.69. The average molecular weight is 466 g/mol. The monoisotopic (exact) mass is 465 g/mol. The number of carbonyl (C=O) groups is 1. The van der Waals surface area contributed by atoms with Crippen molar-refractivity contribution in [2.24, 2.45) is 0 Å². The number of amides is 1. The lowest BCUT2D eigenvalue weighted by molar-refractivity contribution is -0.385. The second kappa shape index (κ2) is 8.70. The van der Waals surface area contributed by atoms with Crippen molar-refractivity contribution in [2.75, 3.05) is 10.0 Å². The number of sulfonamides is 1. The Morgan fingerprint density at radius 1 is 0.900 bits per heavy atom. The molecule has 3 aromatic carbocycles. The Morgan fingerprint density at radius 2 is 1.57 bits per heavy atom. The van der Waals surface area contributed by atoms with E-state index in [-0.39, 0.29) is 21.2 Å². The zero-order chi connectivity index (χ0) is 21.9. The van der Waals surface area contributed by atoms with Crippen molar-refractivity contribution >= 4 is 56.2 Å². The molecule has 0 aliphatic rings. The van der Waals surface area contributed by atoms with Crippen LogP contribution in [0.5, 0.6) is 0 Å². The third kappa shape index (κ3) is 5.07. The summed E-state index contributed by atoms with van der Waals surface area (Å²) in [7, 11) is -3.95. The van der Waals surface area contributed by atoms with Crippen LogP contribution in [0.25, 0.3) is 0 Å². The number of hydrogen-bond acceptors (Lipinski definition) is 5. The first-order valence-corrected chi connectivity index (χ1v) is 10.5. The first kappa shape index (κ1) is 21.6. The normalized spacial score (nSPS) is 11.0. The van der Waals surface area contributed by atoms with Crippen LogP contribution < -0.4 is 10.0 Å². The highest BCUT2D eigenvalue weighted by atomic mass is 35.5. The highest BCUT2D eigenvalue weighted by molar-refractivity contribution is 7.92. The van der Waals surface area contributed by atoms with Crippen LogP contribution in [0, 0.1) is 10.1 Å². The van der Waals surface area contributed by atoms with Gasteiger partial charge in [-0.05, 0) is 54.6 Å². The molecule has 0 aromatic heterocycles. The van der Waals surface area contributed by atoms with Gasteiger partial charge in [-0.15, -0.1) is 0 Å². The molecule has 3 rings (SSSR count). The molecule has 0 saturated carbocycles. The summed E-state index contributed by atoms with van der Waals surface area (Å²) in [6, 6.07) is 15.1. The number of nitro benzene ring substituents is 1. The summed E-state index contributed by atoms with van der Waals surface area (Å²) in [4.78, 5) is 22.9. The van der Waals surface area contributed by atoms with Gasteiger partial charge >= 0.3 is 0 Å². The number of halogens is 2. The van der Waals surface area contributed by atoms with Gasteiger partial charge in [-0.25, -0.2) is 8.42 Å². The Kier molecular flexibility index (Phi) is 6.25. The molecular weight excluding hydrogens is 453 g/mol. The molecule has 8 nitrogen and oxygen atoms in total. The predicted octanol–water partition coefficient (Wildman–Crippen LogP) is 4.95. The number of rotatable bonds is 6. The number of benzene rings is 3. The minimum absolute atomic E-state index is 0.115. The van der Waals surface area contributed by atoms with Crippen LogP contribution in [-0.4, -0.2) is 19.2 Å². The Morgan fingerprint density at radius 3 is 2.23 bits per heavy atom. The molecule has 0 radical (unpaired) electrons. The van der Waals surface area contributed by atoms with Gasteiger partial charge in [0.1, 0.15) is 5.56 Å². The van der Waals surface area contributed by atoms with E-state index in [1.54, 1.807) is 0 Å². The molecule has 0 heterocycles. The topological polar surface area (TPSA) is 118 Å². The fourth-order valence-corrected chi connectivity index (χ4v) is 3.92. The van der Waals surface area contributed by atoms with E-state index >= 15 is 0 Å². The van der Waals surface area contributed by atoms with Crippen molar-refractivity contribution < 1.29 is 18.1 Å². The van der Waals surface area contributed by atoms with Crippen LogP contribution in [0.4, 0.5) is 17.1 Å². The first-order valence-electron chi connectivity index (χ1n) is 8.29. The summed E-state index contributed by atoms with van der Waals surface area (Å²) >= 11 is 11.6. The van der Waals surface area contributed by atoms with Gasteiger partial charge in [0.2, 0.25) is 0 Å². The zero-order valence-corrected chi connectivity index (χ0v) is 17.3. The molecule has 0 unspecified atom stereocenters. The van der Waals surface area contributed by atoms with Gasteiger partial charge < -0.3 is 5.32 Å². The Labute approximate surface area is 181 Å². The molecule has 2 N–H and O–H groups in total. The maximum atomic E-state index is 12.6. The maximum Gasteiger partial charge on any atom is 0.282 e. The van der Waals surface area contributed by atoms with Gasteiger partial charge in [-0.2, -0.15) is 0 Å². The molecule has 11 heteroatoms. The lowest BCUT2D eigenvalue weighted by Crippen LogP contribution is -2.16.